The third-order valence-corrected chi connectivity index (χ3v) is 3.33. The largest absolute Gasteiger partial charge is 0.322 e. The second-order valence-corrected chi connectivity index (χ2v) is 6.31. The van der Waals surface area contributed by atoms with Crippen molar-refractivity contribution >= 4 is 27.3 Å². The molecule has 0 saturated carbocycles. The fourth-order valence-electron chi connectivity index (χ4n) is 1.80. The van der Waals surface area contributed by atoms with E-state index < -0.39 is 15.9 Å². The Labute approximate surface area is 142 Å². The Morgan fingerprint density at radius 1 is 1.04 bits per heavy atom. The summed E-state index contributed by atoms with van der Waals surface area (Å²) in [6.45, 7) is 4.00. The summed E-state index contributed by atoms with van der Waals surface area (Å²) in [5.74, 6) is -0.448. The topological polar surface area (TPSA) is 99.1 Å². The minimum atomic E-state index is -3.48. The highest BCUT2D eigenvalue weighted by Gasteiger charge is 2.13. The molecule has 0 heterocycles. The van der Waals surface area contributed by atoms with Crippen molar-refractivity contribution in [1.29, 1.82) is 5.26 Å². The third-order valence-electron chi connectivity index (χ3n) is 2.74. The van der Waals surface area contributed by atoms with Crippen LogP contribution in [0.4, 0.5) is 11.4 Å². The van der Waals surface area contributed by atoms with E-state index in [1.54, 1.807) is 36.4 Å². The number of para-hydroxylation sites is 1. The predicted octanol–water partition coefficient (Wildman–Crippen LogP) is 3.21. The van der Waals surface area contributed by atoms with Gasteiger partial charge in [0.1, 0.15) is 0 Å². The SMILES string of the molecule is CC.CS(=O)(=O)Nc1ccccc1C(=O)Nc1ccc(C#N)cc1. The summed E-state index contributed by atoms with van der Waals surface area (Å²) >= 11 is 0. The molecular formula is C17H19N3O3S. The van der Waals surface area contributed by atoms with Crippen molar-refractivity contribution in [3.63, 3.8) is 0 Å². The van der Waals surface area contributed by atoms with Crippen molar-refractivity contribution in [1.82, 2.24) is 0 Å². The van der Waals surface area contributed by atoms with Crippen LogP contribution < -0.4 is 10.0 Å². The standard InChI is InChI=1S/C15H13N3O3S.C2H6/c1-22(20,21)18-14-5-3-2-4-13(14)15(19)17-12-8-6-11(10-16)7-9-12;1-2/h2-9,18H,1H3,(H,17,19);1-2H3. The van der Waals surface area contributed by atoms with Crippen molar-refractivity contribution < 1.29 is 13.2 Å². The quantitative estimate of drug-likeness (QED) is 0.889. The molecule has 0 aromatic heterocycles. The molecule has 2 aromatic carbocycles. The highest BCUT2D eigenvalue weighted by atomic mass is 32.2. The molecule has 7 heteroatoms. The maximum Gasteiger partial charge on any atom is 0.257 e. The normalized spacial score (nSPS) is 9.92. The maximum atomic E-state index is 12.3. The van der Waals surface area contributed by atoms with Gasteiger partial charge in [-0.1, -0.05) is 26.0 Å². The number of carbonyl (C=O) groups excluding carboxylic acids is 1. The van der Waals surface area contributed by atoms with Gasteiger partial charge in [-0.15, -0.1) is 0 Å². The van der Waals surface area contributed by atoms with Crippen LogP contribution >= 0.6 is 0 Å². The molecule has 0 atom stereocenters. The Hall–Kier alpha value is -2.85. The Kier molecular flexibility index (Phi) is 6.96. The molecule has 2 rings (SSSR count). The monoisotopic (exact) mass is 345 g/mol. The molecule has 0 aliphatic heterocycles. The number of anilines is 2. The molecule has 6 nitrogen and oxygen atoms in total. The van der Waals surface area contributed by atoms with E-state index in [1.807, 2.05) is 19.9 Å². The first kappa shape index (κ1) is 19.2. The smallest absolute Gasteiger partial charge is 0.257 e. The summed E-state index contributed by atoms with van der Waals surface area (Å²) in [6, 6.07) is 14.6. The maximum absolute atomic E-state index is 12.3. The average molecular weight is 345 g/mol. The number of hydrogen-bond donors (Lipinski definition) is 2. The second kappa shape index (κ2) is 8.70. The van der Waals surface area contributed by atoms with Crippen LogP contribution in [0.25, 0.3) is 0 Å². The van der Waals surface area contributed by atoms with Gasteiger partial charge >= 0.3 is 0 Å². The number of hydrogen-bond acceptors (Lipinski definition) is 4. The van der Waals surface area contributed by atoms with Gasteiger partial charge in [-0.3, -0.25) is 9.52 Å². The second-order valence-electron chi connectivity index (χ2n) is 4.56. The van der Waals surface area contributed by atoms with Crippen molar-refractivity contribution in [3.05, 3.63) is 59.7 Å². The molecule has 0 spiro atoms. The van der Waals surface area contributed by atoms with Crippen LogP contribution in [0.3, 0.4) is 0 Å². The molecule has 0 aliphatic rings. The Morgan fingerprint density at radius 3 is 2.17 bits per heavy atom. The lowest BCUT2D eigenvalue weighted by molar-refractivity contribution is 0.102. The zero-order valence-electron chi connectivity index (χ0n) is 13.7. The van der Waals surface area contributed by atoms with Crippen LogP contribution in [0, 0.1) is 11.3 Å². The number of amides is 1. The summed E-state index contributed by atoms with van der Waals surface area (Å²) in [6.07, 6.45) is 1.02. The Balaban J connectivity index is 0.00000139. The average Bonchev–Trinajstić information content (AvgIpc) is 2.56. The molecule has 0 radical (unpaired) electrons. The molecule has 2 aromatic rings. The fourth-order valence-corrected chi connectivity index (χ4v) is 2.37. The van der Waals surface area contributed by atoms with Gasteiger partial charge in [-0.05, 0) is 36.4 Å². The highest BCUT2D eigenvalue weighted by molar-refractivity contribution is 7.92. The summed E-state index contributed by atoms with van der Waals surface area (Å²) in [4.78, 5) is 12.3. The number of carbonyl (C=O) groups is 1. The summed E-state index contributed by atoms with van der Waals surface area (Å²) < 4.78 is 25.0. The van der Waals surface area contributed by atoms with E-state index in [4.69, 9.17) is 5.26 Å². The molecule has 0 bridgehead atoms. The van der Waals surface area contributed by atoms with Crippen molar-refractivity contribution in [2.45, 2.75) is 13.8 Å². The first-order valence-electron chi connectivity index (χ1n) is 7.27. The zero-order chi connectivity index (χ0) is 18.2. The Morgan fingerprint density at radius 2 is 1.62 bits per heavy atom. The van der Waals surface area contributed by atoms with E-state index in [-0.39, 0.29) is 11.3 Å². The lowest BCUT2D eigenvalue weighted by Crippen LogP contribution is -2.17. The van der Waals surface area contributed by atoms with Gasteiger partial charge in [0.15, 0.2) is 0 Å². The molecule has 0 unspecified atom stereocenters. The first-order valence-corrected chi connectivity index (χ1v) is 9.16. The van der Waals surface area contributed by atoms with Crippen LogP contribution in [0.1, 0.15) is 29.8 Å². The van der Waals surface area contributed by atoms with Crippen LogP contribution in [0.5, 0.6) is 0 Å². The van der Waals surface area contributed by atoms with E-state index in [1.165, 1.54) is 12.1 Å². The van der Waals surface area contributed by atoms with Crippen LogP contribution in [-0.2, 0) is 10.0 Å². The van der Waals surface area contributed by atoms with E-state index >= 15 is 0 Å². The summed E-state index contributed by atoms with van der Waals surface area (Å²) in [5.41, 5.74) is 1.41. The lowest BCUT2D eigenvalue weighted by atomic mass is 10.1. The van der Waals surface area contributed by atoms with Crippen molar-refractivity contribution in [2.24, 2.45) is 0 Å². The predicted molar refractivity (Wildman–Crippen MR) is 95.4 cm³/mol. The molecule has 2 N–H and O–H groups in total. The van der Waals surface area contributed by atoms with Crippen LogP contribution in [-0.4, -0.2) is 20.6 Å². The zero-order valence-corrected chi connectivity index (χ0v) is 14.5. The fraction of sp³-hybridized carbons (Fsp3) is 0.176. The molecule has 24 heavy (non-hydrogen) atoms. The van der Waals surface area contributed by atoms with E-state index in [0.29, 0.717) is 11.3 Å². The van der Waals surface area contributed by atoms with Gasteiger partial charge in [-0.25, -0.2) is 8.42 Å². The van der Waals surface area contributed by atoms with Crippen LogP contribution in [0.15, 0.2) is 48.5 Å². The first-order chi connectivity index (χ1) is 11.4. The summed E-state index contributed by atoms with van der Waals surface area (Å²) in [7, 11) is -3.48. The molecular weight excluding hydrogens is 326 g/mol. The minimum Gasteiger partial charge on any atom is -0.322 e. The lowest BCUT2D eigenvalue weighted by Gasteiger charge is -2.11. The van der Waals surface area contributed by atoms with Crippen molar-refractivity contribution in [2.75, 3.05) is 16.3 Å². The molecule has 0 fully saturated rings. The molecule has 126 valence electrons. The number of sulfonamides is 1. The van der Waals surface area contributed by atoms with E-state index in [2.05, 4.69) is 10.0 Å². The number of benzene rings is 2. The van der Waals surface area contributed by atoms with Gasteiger partial charge < -0.3 is 5.32 Å². The number of nitriles is 1. The third kappa shape index (κ3) is 5.74. The van der Waals surface area contributed by atoms with Gasteiger partial charge in [-0.2, -0.15) is 5.26 Å². The number of nitrogens with one attached hydrogen (secondary N) is 2. The summed E-state index contributed by atoms with van der Waals surface area (Å²) in [5, 5.41) is 11.4. The van der Waals surface area contributed by atoms with Gasteiger partial charge in [0.2, 0.25) is 10.0 Å². The van der Waals surface area contributed by atoms with Gasteiger partial charge in [0.25, 0.3) is 5.91 Å². The van der Waals surface area contributed by atoms with Gasteiger partial charge in [0.05, 0.1) is 29.1 Å². The molecule has 1 amide bonds. The molecule has 0 aliphatic carbocycles. The van der Waals surface area contributed by atoms with Gasteiger partial charge in [0, 0.05) is 5.69 Å². The van der Waals surface area contributed by atoms with Crippen LogP contribution in [0.2, 0.25) is 0 Å². The Bertz CT molecular complexity index is 838. The number of nitrogens with zero attached hydrogens (tertiary/aromatic N) is 1. The van der Waals surface area contributed by atoms with E-state index in [9.17, 15) is 13.2 Å². The highest BCUT2D eigenvalue weighted by Crippen LogP contribution is 2.18. The minimum absolute atomic E-state index is 0.205. The molecule has 0 saturated heterocycles. The number of rotatable bonds is 4. The van der Waals surface area contributed by atoms with E-state index in [0.717, 1.165) is 6.26 Å². The van der Waals surface area contributed by atoms with Crippen molar-refractivity contribution in [3.8, 4) is 6.07 Å².